The number of methoxy groups -OCH3 is 1. The maximum absolute atomic E-state index is 5.35. The molecule has 0 unspecified atom stereocenters. The first kappa shape index (κ1) is 22.3. The fourth-order valence-electron chi connectivity index (χ4n) is 3.99. The van der Waals surface area contributed by atoms with Crippen molar-refractivity contribution in [1.82, 2.24) is 20.3 Å². The van der Waals surface area contributed by atoms with E-state index < -0.39 is 0 Å². The quantitative estimate of drug-likeness (QED) is 0.398. The fourth-order valence-corrected chi connectivity index (χ4v) is 5.10. The van der Waals surface area contributed by atoms with Gasteiger partial charge in [-0.2, -0.15) is 0 Å². The van der Waals surface area contributed by atoms with Crippen molar-refractivity contribution in [2.24, 2.45) is 0 Å². The van der Waals surface area contributed by atoms with Crippen molar-refractivity contribution in [3.63, 3.8) is 0 Å². The number of aromatic nitrogens is 3. The minimum absolute atomic E-state index is 0.0929. The van der Waals surface area contributed by atoms with E-state index in [2.05, 4.69) is 51.7 Å². The highest BCUT2D eigenvalue weighted by Crippen LogP contribution is 2.40. The number of anilines is 2. The predicted molar refractivity (Wildman–Crippen MR) is 139 cm³/mol. The molecule has 1 fully saturated rings. The number of nitrogens with one attached hydrogen (secondary N) is 2. The molecule has 0 radical (unpaired) electrons. The zero-order valence-electron chi connectivity index (χ0n) is 19.4. The van der Waals surface area contributed by atoms with E-state index >= 15 is 0 Å². The van der Waals surface area contributed by atoms with Crippen LogP contribution in [0.4, 0.5) is 11.1 Å². The lowest BCUT2D eigenvalue weighted by molar-refractivity contribution is 0.415. The number of rotatable bonds is 7. The summed E-state index contributed by atoms with van der Waals surface area (Å²) in [6.07, 6.45) is 1.81. The van der Waals surface area contributed by atoms with Crippen LogP contribution >= 0.6 is 11.3 Å². The van der Waals surface area contributed by atoms with Gasteiger partial charge < -0.3 is 20.3 Å². The lowest BCUT2D eigenvalue weighted by Crippen LogP contribution is -2.43. The molecule has 8 heteroatoms. The normalized spacial score (nSPS) is 14.6. The number of nitrogens with zero attached hydrogens (tertiary/aromatic N) is 4. The van der Waals surface area contributed by atoms with Gasteiger partial charge in [-0.3, -0.25) is 0 Å². The molecule has 1 aliphatic heterocycles. The fraction of sp³-hybridized carbons (Fsp3) is 0.269. The van der Waals surface area contributed by atoms with E-state index in [0.29, 0.717) is 5.95 Å². The molecule has 7 nitrogen and oxygen atoms in total. The molecular weight excluding hydrogens is 444 g/mol. The molecular formula is C26H28N6OS. The average molecular weight is 473 g/mol. The van der Waals surface area contributed by atoms with Crippen molar-refractivity contribution in [2.75, 3.05) is 43.5 Å². The molecule has 4 aromatic rings. The minimum atomic E-state index is 0.0929. The zero-order valence-corrected chi connectivity index (χ0v) is 20.2. The number of ether oxygens (including phenoxy) is 1. The van der Waals surface area contributed by atoms with Crippen LogP contribution in [0, 0.1) is 0 Å². The molecule has 1 saturated heterocycles. The Morgan fingerprint density at radius 3 is 2.50 bits per heavy atom. The van der Waals surface area contributed by atoms with E-state index in [9.17, 15) is 0 Å². The van der Waals surface area contributed by atoms with E-state index in [0.717, 1.165) is 58.9 Å². The largest absolute Gasteiger partial charge is 0.497 e. The average Bonchev–Trinajstić information content (AvgIpc) is 3.36. The Labute approximate surface area is 203 Å². The van der Waals surface area contributed by atoms with Gasteiger partial charge in [-0.15, -0.1) is 0 Å². The summed E-state index contributed by atoms with van der Waals surface area (Å²) in [5.41, 5.74) is 4.03. The van der Waals surface area contributed by atoms with Gasteiger partial charge in [0.2, 0.25) is 5.95 Å². The standard InChI is InChI=1S/C26H28N6OS/c1-18(19-6-4-3-5-7-19)29-25-28-13-12-22(30-25)24-23(20-8-10-21(33-2)11-9-20)31-26(34-24)32-16-14-27-15-17-32/h3-13,18,27H,14-17H2,1-2H3,(H,28,29,30)/t18-/m0/s1. The summed E-state index contributed by atoms with van der Waals surface area (Å²) in [5, 5.41) is 7.87. The van der Waals surface area contributed by atoms with Crippen molar-refractivity contribution in [1.29, 1.82) is 0 Å². The van der Waals surface area contributed by atoms with Crippen molar-refractivity contribution in [3.8, 4) is 27.6 Å². The van der Waals surface area contributed by atoms with Crippen LogP contribution in [0.1, 0.15) is 18.5 Å². The second-order valence-electron chi connectivity index (χ2n) is 8.18. The molecule has 174 valence electrons. The highest BCUT2D eigenvalue weighted by atomic mass is 32.1. The van der Waals surface area contributed by atoms with Crippen LogP contribution in [-0.2, 0) is 0 Å². The summed E-state index contributed by atoms with van der Waals surface area (Å²) >= 11 is 1.69. The Kier molecular flexibility index (Phi) is 6.69. The maximum atomic E-state index is 5.35. The third-order valence-electron chi connectivity index (χ3n) is 5.90. The van der Waals surface area contributed by atoms with E-state index in [-0.39, 0.29) is 6.04 Å². The van der Waals surface area contributed by atoms with E-state index in [1.807, 2.05) is 42.6 Å². The third kappa shape index (κ3) is 4.88. The molecule has 5 rings (SSSR count). The highest BCUT2D eigenvalue weighted by Gasteiger charge is 2.21. The second kappa shape index (κ2) is 10.2. The van der Waals surface area contributed by atoms with Crippen LogP contribution in [-0.4, -0.2) is 48.2 Å². The smallest absolute Gasteiger partial charge is 0.223 e. The molecule has 1 aliphatic rings. The van der Waals surface area contributed by atoms with Crippen LogP contribution in [0.5, 0.6) is 5.75 Å². The molecule has 0 spiro atoms. The second-order valence-corrected chi connectivity index (χ2v) is 9.16. The summed E-state index contributed by atoms with van der Waals surface area (Å²) < 4.78 is 5.35. The monoisotopic (exact) mass is 472 g/mol. The number of piperazine rings is 1. The molecule has 0 amide bonds. The topological polar surface area (TPSA) is 75.2 Å². The summed E-state index contributed by atoms with van der Waals surface area (Å²) in [5.74, 6) is 1.43. The van der Waals surface area contributed by atoms with Gasteiger partial charge in [-0.1, -0.05) is 41.7 Å². The van der Waals surface area contributed by atoms with Crippen LogP contribution in [0.25, 0.3) is 21.8 Å². The minimum Gasteiger partial charge on any atom is -0.497 e. The van der Waals surface area contributed by atoms with Gasteiger partial charge >= 0.3 is 0 Å². The van der Waals surface area contributed by atoms with Crippen molar-refractivity contribution < 1.29 is 4.74 Å². The molecule has 3 heterocycles. The molecule has 0 bridgehead atoms. The van der Waals surface area contributed by atoms with Crippen LogP contribution in [0.2, 0.25) is 0 Å². The van der Waals surface area contributed by atoms with Crippen LogP contribution in [0.3, 0.4) is 0 Å². The summed E-state index contributed by atoms with van der Waals surface area (Å²) in [6.45, 7) is 5.93. The third-order valence-corrected chi connectivity index (χ3v) is 7.04. The SMILES string of the molecule is COc1ccc(-c2nc(N3CCNCC3)sc2-c2ccnc(N[C@@H](C)c3ccccc3)n2)cc1. The van der Waals surface area contributed by atoms with Gasteiger partial charge in [0, 0.05) is 37.9 Å². The highest BCUT2D eigenvalue weighted by molar-refractivity contribution is 7.19. The molecule has 0 saturated carbocycles. The lowest BCUT2D eigenvalue weighted by Gasteiger charge is -2.26. The molecule has 2 aromatic heterocycles. The number of hydrogen-bond acceptors (Lipinski definition) is 8. The number of benzene rings is 2. The Hall–Kier alpha value is -3.49. The van der Waals surface area contributed by atoms with Gasteiger partial charge in [0.15, 0.2) is 5.13 Å². The Morgan fingerprint density at radius 1 is 1.00 bits per heavy atom. The number of hydrogen-bond donors (Lipinski definition) is 2. The van der Waals surface area contributed by atoms with E-state index in [1.54, 1.807) is 18.4 Å². The molecule has 2 aromatic carbocycles. The summed E-state index contributed by atoms with van der Waals surface area (Å²) in [6, 6.07) is 20.4. The Bertz CT molecular complexity index is 1220. The molecule has 0 aliphatic carbocycles. The summed E-state index contributed by atoms with van der Waals surface area (Å²) in [7, 11) is 1.68. The van der Waals surface area contributed by atoms with Crippen molar-refractivity contribution in [2.45, 2.75) is 13.0 Å². The van der Waals surface area contributed by atoms with Gasteiger partial charge in [0.1, 0.15) is 5.75 Å². The van der Waals surface area contributed by atoms with Crippen molar-refractivity contribution in [3.05, 3.63) is 72.4 Å². The molecule has 34 heavy (non-hydrogen) atoms. The maximum Gasteiger partial charge on any atom is 0.223 e. The molecule has 1 atom stereocenters. The first-order valence-corrected chi connectivity index (χ1v) is 12.3. The lowest BCUT2D eigenvalue weighted by atomic mass is 10.1. The van der Waals surface area contributed by atoms with Gasteiger partial charge in [-0.25, -0.2) is 15.0 Å². The first-order valence-electron chi connectivity index (χ1n) is 11.5. The molecule has 2 N–H and O–H groups in total. The summed E-state index contributed by atoms with van der Waals surface area (Å²) in [4.78, 5) is 17.8. The van der Waals surface area contributed by atoms with E-state index in [4.69, 9.17) is 14.7 Å². The predicted octanol–water partition coefficient (Wildman–Crippen LogP) is 4.86. The van der Waals surface area contributed by atoms with Gasteiger partial charge in [-0.05, 0) is 42.8 Å². The Morgan fingerprint density at radius 2 is 1.76 bits per heavy atom. The van der Waals surface area contributed by atoms with Gasteiger partial charge in [0.25, 0.3) is 0 Å². The number of thiazole rings is 1. The van der Waals surface area contributed by atoms with Gasteiger partial charge in [0.05, 0.1) is 29.4 Å². The Balaban J connectivity index is 1.50. The van der Waals surface area contributed by atoms with Crippen LogP contribution < -0.4 is 20.3 Å². The zero-order chi connectivity index (χ0) is 23.3. The van der Waals surface area contributed by atoms with Crippen LogP contribution in [0.15, 0.2) is 66.9 Å². The first-order chi connectivity index (χ1) is 16.7. The van der Waals surface area contributed by atoms with Crippen molar-refractivity contribution >= 4 is 22.4 Å². The van der Waals surface area contributed by atoms with E-state index in [1.165, 1.54) is 5.56 Å².